The lowest BCUT2D eigenvalue weighted by molar-refractivity contribution is 0.0455. The van der Waals surface area contributed by atoms with E-state index < -0.39 is 0 Å². The molecule has 0 unspecified atom stereocenters. The molecular formula is C13H25NO. The van der Waals surface area contributed by atoms with E-state index in [1.54, 1.807) is 0 Å². The summed E-state index contributed by atoms with van der Waals surface area (Å²) in [5.41, 5.74) is 6.63. The maximum absolute atomic E-state index is 9.42. The Morgan fingerprint density at radius 3 is 2.40 bits per heavy atom. The molecule has 2 rings (SSSR count). The first-order valence-corrected chi connectivity index (χ1v) is 6.28. The van der Waals surface area contributed by atoms with Crippen molar-refractivity contribution in [3.05, 3.63) is 0 Å². The van der Waals surface area contributed by atoms with Gasteiger partial charge in [0.15, 0.2) is 0 Å². The van der Waals surface area contributed by atoms with Gasteiger partial charge in [-0.1, -0.05) is 20.8 Å². The summed E-state index contributed by atoms with van der Waals surface area (Å²) < 4.78 is 0. The van der Waals surface area contributed by atoms with E-state index in [9.17, 15) is 5.11 Å². The van der Waals surface area contributed by atoms with Crippen molar-refractivity contribution in [2.75, 3.05) is 13.2 Å². The molecule has 0 aromatic carbocycles. The molecule has 0 aromatic rings. The number of aliphatic hydroxyl groups is 1. The Morgan fingerprint density at radius 2 is 2.07 bits per heavy atom. The standard InChI is InChI=1S/C13H25NO/c1-12(2)10-4-5-13(12,3)11(6-10)9(7-14)8-15/h9-11,15H,4-8,14H2,1-3H3/t9-,10-,11+,13-/m0/s1. The summed E-state index contributed by atoms with van der Waals surface area (Å²) in [6.45, 7) is 8.15. The number of nitrogens with two attached hydrogens (primary N) is 1. The fourth-order valence-electron chi connectivity index (χ4n) is 4.34. The van der Waals surface area contributed by atoms with Crippen molar-refractivity contribution < 1.29 is 5.11 Å². The molecule has 2 fully saturated rings. The molecule has 4 atom stereocenters. The summed E-state index contributed by atoms with van der Waals surface area (Å²) in [7, 11) is 0. The third kappa shape index (κ3) is 1.31. The monoisotopic (exact) mass is 211 g/mol. The highest BCUT2D eigenvalue weighted by Gasteiger charge is 2.62. The molecule has 2 saturated carbocycles. The van der Waals surface area contributed by atoms with Crippen LogP contribution in [0.15, 0.2) is 0 Å². The van der Waals surface area contributed by atoms with E-state index in [1.807, 2.05) is 0 Å². The molecule has 3 N–H and O–H groups in total. The summed E-state index contributed by atoms with van der Waals surface area (Å²) >= 11 is 0. The Hall–Kier alpha value is -0.0800. The van der Waals surface area contributed by atoms with Crippen LogP contribution in [-0.4, -0.2) is 18.3 Å². The molecular weight excluding hydrogens is 186 g/mol. The highest BCUT2D eigenvalue weighted by Crippen LogP contribution is 2.69. The second-order valence-corrected chi connectivity index (χ2v) is 6.40. The molecule has 0 saturated heterocycles. The SMILES string of the molecule is CC1(C)[C@H]2CC[C@@]1(C)[C@@H]([C@@H](CN)CO)C2. The summed E-state index contributed by atoms with van der Waals surface area (Å²) in [6, 6.07) is 0. The fourth-order valence-corrected chi connectivity index (χ4v) is 4.34. The summed E-state index contributed by atoms with van der Waals surface area (Å²) in [6.07, 6.45) is 3.99. The molecule has 0 aromatic heterocycles. The third-order valence-electron chi connectivity index (χ3n) is 5.97. The second kappa shape index (κ2) is 3.46. The Balaban J connectivity index is 2.25. The van der Waals surface area contributed by atoms with E-state index in [2.05, 4.69) is 20.8 Å². The third-order valence-corrected chi connectivity index (χ3v) is 5.97. The molecule has 0 heterocycles. The first-order valence-electron chi connectivity index (χ1n) is 6.28. The molecule has 0 radical (unpaired) electrons. The predicted molar refractivity (Wildman–Crippen MR) is 62.3 cm³/mol. The van der Waals surface area contributed by atoms with Gasteiger partial charge >= 0.3 is 0 Å². The largest absolute Gasteiger partial charge is 0.396 e. The van der Waals surface area contributed by atoms with Crippen LogP contribution in [0.2, 0.25) is 0 Å². The maximum Gasteiger partial charge on any atom is 0.0474 e. The number of aliphatic hydroxyl groups excluding tert-OH is 1. The van der Waals surface area contributed by atoms with Crippen LogP contribution >= 0.6 is 0 Å². The van der Waals surface area contributed by atoms with E-state index in [0.717, 1.165) is 5.92 Å². The molecule has 88 valence electrons. The smallest absolute Gasteiger partial charge is 0.0474 e. The first kappa shape index (κ1) is 11.4. The molecule has 0 aliphatic heterocycles. The summed E-state index contributed by atoms with van der Waals surface area (Å²) in [4.78, 5) is 0. The van der Waals surface area contributed by atoms with Crippen LogP contribution in [0.25, 0.3) is 0 Å². The van der Waals surface area contributed by atoms with Crippen LogP contribution in [-0.2, 0) is 0 Å². The van der Waals surface area contributed by atoms with E-state index in [1.165, 1.54) is 19.3 Å². The average molecular weight is 211 g/mol. The van der Waals surface area contributed by atoms with E-state index >= 15 is 0 Å². The van der Waals surface area contributed by atoms with Gasteiger partial charge in [-0.25, -0.2) is 0 Å². The van der Waals surface area contributed by atoms with Crippen LogP contribution in [0.3, 0.4) is 0 Å². The first-order chi connectivity index (χ1) is 6.97. The van der Waals surface area contributed by atoms with Gasteiger partial charge in [0.05, 0.1) is 0 Å². The quantitative estimate of drug-likeness (QED) is 0.750. The normalized spacial score (nSPS) is 44.6. The van der Waals surface area contributed by atoms with E-state index in [0.29, 0.717) is 29.2 Å². The maximum atomic E-state index is 9.42. The van der Waals surface area contributed by atoms with Crippen molar-refractivity contribution >= 4 is 0 Å². The van der Waals surface area contributed by atoms with Crippen molar-refractivity contribution in [3.8, 4) is 0 Å². The predicted octanol–water partition coefficient (Wildman–Crippen LogP) is 2.02. The van der Waals surface area contributed by atoms with Crippen LogP contribution < -0.4 is 5.73 Å². The second-order valence-electron chi connectivity index (χ2n) is 6.40. The van der Waals surface area contributed by atoms with Gasteiger partial charge in [0.25, 0.3) is 0 Å². The van der Waals surface area contributed by atoms with Crippen molar-refractivity contribution in [1.82, 2.24) is 0 Å². The van der Waals surface area contributed by atoms with Gasteiger partial charge in [-0.3, -0.25) is 0 Å². The van der Waals surface area contributed by atoms with Crippen LogP contribution in [0.4, 0.5) is 0 Å². The van der Waals surface area contributed by atoms with Crippen LogP contribution in [0, 0.1) is 28.6 Å². The number of rotatable bonds is 3. The Kier molecular flexibility index (Phi) is 2.63. The van der Waals surface area contributed by atoms with E-state index in [-0.39, 0.29) is 6.61 Å². The van der Waals surface area contributed by atoms with Crippen molar-refractivity contribution in [2.45, 2.75) is 40.0 Å². The average Bonchev–Trinajstić information content (AvgIpc) is 2.52. The minimum atomic E-state index is 0.263. The fraction of sp³-hybridized carbons (Fsp3) is 1.00. The zero-order valence-corrected chi connectivity index (χ0v) is 10.3. The van der Waals surface area contributed by atoms with Crippen molar-refractivity contribution in [3.63, 3.8) is 0 Å². The zero-order valence-electron chi connectivity index (χ0n) is 10.3. The topological polar surface area (TPSA) is 46.2 Å². The highest BCUT2D eigenvalue weighted by atomic mass is 16.3. The van der Waals surface area contributed by atoms with Gasteiger partial charge in [0.1, 0.15) is 0 Å². The molecule has 2 nitrogen and oxygen atoms in total. The van der Waals surface area contributed by atoms with Crippen molar-refractivity contribution in [1.29, 1.82) is 0 Å². The Labute approximate surface area is 93.2 Å². The van der Waals surface area contributed by atoms with Gasteiger partial charge in [-0.05, 0) is 54.4 Å². The summed E-state index contributed by atoms with van der Waals surface area (Å²) in [5, 5.41) is 9.42. The minimum Gasteiger partial charge on any atom is -0.396 e. The Bertz CT molecular complexity index is 247. The lowest BCUT2D eigenvalue weighted by Gasteiger charge is -2.42. The molecule has 0 spiro atoms. The minimum absolute atomic E-state index is 0.263. The molecule has 15 heavy (non-hydrogen) atoms. The van der Waals surface area contributed by atoms with Gasteiger partial charge in [0.2, 0.25) is 0 Å². The number of hydrogen-bond donors (Lipinski definition) is 2. The van der Waals surface area contributed by atoms with Gasteiger partial charge < -0.3 is 10.8 Å². The number of fused-ring (bicyclic) bond motifs is 2. The Morgan fingerprint density at radius 1 is 1.40 bits per heavy atom. The lowest BCUT2D eigenvalue weighted by Crippen LogP contribution is -2.39. The van der Waals surface area contributed by atoms with E-state index in [4.69, 9.17) is 5.73 Å². The zero-order chi connectivity index (χ0) is 11.3. The molecule has 2 aliphatic carbocycles. The highest BCUT2D eigenvalue weighted by molar-refractivity contribution is 5.11. The molecule has 2 heteroatoms. The van der Waals surface area contributed by atoms with Gasteiger partial charge in [-0.15, -0.1) is 0 Å². The van der Waals surface area contributed by atoms with Crippen molar-refractivity contribution in [2.24, 2.45) is 34.3 Å². The lowest BCUT2D eigenvalue weighted by atomic mass is 9.63. The van der Waals surface area contributed by atoms with Crippen LogP contribution in [0.5, 0.6) is 0 Å². The summed E-state index contributed by atoms with van der Waals surface area (Å²) in [5.74, 6) is 1.81. The van der Waals surface area contributed by atoms with Gasteiger partial charge in [-0.2, -0.15) is 0 Å². The number of hydrogen-bond acceptors (Lipinski definition) is 2. The molecule has 2 bridgehead atoms. The molecule has 0 amide bonds. The molecule has 2 aliphatic rings. The van der Waals surface area contributed by atoms with Crippen LogP contribution in [0.1, 0.15) is 40.0 Å². The van der Waals surface area contributed by atoms with Gasteiger partial charge in [0, 0.05) is 6.61 Å².